The Balaban J connectivity index is 2.30. The van der Waals surface area contributed by atoms with E-state index in [4.69, 9.17) is 17.3 Å². The molecule has 0 saturated carbocycles. The second kappa shape index (κ2) is 7.18. The van der Waals surface area contributed by atoms with E-state index in [-0.39, 0.29) is 16.3 Å². The van der Waals surface area contributed by atoms with Gasteiger partial charge in [-0.15, -0.1) is 0 Å². The first-order valence-electron chi connectivity index (χ1n) is 7.00. The molecule has 0 fully saturated rings. The van der Waals surface area contributed by atoms with E-state index in [9.17, 15) is 14.4 Å². The highest BCUT2D eigenvalue weighted by atomic mass is 35.5. The monoisotopic (exact) mass is 349 g/mol. The average molecular weight is 350 g/mol. The van der Waals surface area contributed by atoms with Gasteiger partial charge in [0.05, 0.1) is 17.8 Å². The maximum atomic E-state index is 12.4. The van der Waals surface area contributed by atoms with E-state index in [2.05, 4.69) is 10.1 Å². The maximum absolute atomic E-state index is 12.4. The van der Waals surface area contributed by atoms with E-state index < -0.39 is 23.5 Å². The third-order valence-electron chi connectivity index (χ3n) is 3.44. The number of carbonyl (C=O) groups excluding carboxylic acids is 2. The zero-order valence-electron chi connectivity index (χ0n) is 13.1. The summed E-state index contributed by atoms with van der Waals surface area (Å²) >= 11 is 5.89. The summed E-state index contributed by atoms with van der Waals surface area (Å²) in [7, 11) is 1.24. The SMILES string of the molecule is COC(=O)C(C)n1cccc(NC(=O)c2ccc(N)c(Cl)c2)c1=O. The first-order chi connectivity index (χ1) is 11.3. The molecule has 0 saturated heterocycles. The van der Waals surface area contributed by atoms with Gasteiger partial charge in [-0.25, -0.2) is 4.79 Å². The molecule has 1 atom stereocenters. The molecule has 24 heavy (non-hydrogen) atoms. The third-order valence-corrected chi connectivity index (χ3v) is 3.77. The van der Waals surface area contributed by atoms with Crippen molar-refractivity contribution in [1.29, 1.82) is 0 Å². The highest BCUT2D eigenvalue weighted by Gasteiger charge is 2.18. The van der Waals surface area contributed by atoms with Crippen LogP contribution in [-0.2, 0) is 9.53 Å². The number of ether oxygens (including phenoxy) is 1. The molecule has 0 spiro atoms. The second-order valence-corrected chi connectivity index (χ2v) is 5.43. The zero-order valence-corrected chi connectivity index (χ0v) is 13.8. The van der Waals surface area contributed by atoms with Gasteiger partial charge in [-0.05, 0) is 37.3 Å². The van der Waals surface area contributed by atoms with Gasteiger partial charge in [-0.3, -0.25) is 14.2 Å². The van der Waals surface area contributed by atoms with Gasteiger partial charge in [0.2, 0.25) is 0 Å². The summed E-state index contributed by atoms with van der Waals surface area (Å²) in [6, 6.07) is 6.58. The Labute approximate surface area is 143 Å². The van der Waals surface area contributed by atoms with Gasteiger partial charge >= 0.3 is 5.97 Å². The van der Waals surface area contributed by atoms with Crippen molar-refractivity contribution in [1.82, 2.24) is 4.57 Å². The first kappa shape index (κ1) is 17.6. The fraction of sp³-hybridized carbons (Fsp3) is 0.188. The molecule has 2 rings (SSSR count). The normalized spacial score (nSPS) is 11.6. The number of aromatic nitrogens is 1. The van der Waals surface area contributed by atoms with Crippen molar-refractivity contribution in [2.75, 3.05) is 18.2 Å². The number of anilines is 2. The molecule has 1 heterocycles. The number of halogens is 1. The van der Waals surface area contributed by atoms with Crippen molar-refractivity contribution in [3.8, 4) is 0 Å². The Bertz CT molecular complexity index is 847. The summed E-state index contributed by atoms with van der Waals surface area (Å²) in [6.45, 7) is 1.53. The van der Waals surface area contributed by atoms with E-state index in [0.29, 0.717) is 5.69 Å². The summed E-state index contributed by atoms with van der Waals surface area (Å²) in [5.74, 6) is -1.08. The molecule has 0 aliphatic rings. The van der Waals surface area contributed by atoms with Crippen molar-refractivity contribution < 1.29 is 14.3 Å². The van der Waals surface area contributed by atoms with E-state index in [1.54, 1.807) is 6.07 Å². The second-order valence-electron chi connectivity index (χ2n) is 5.02. The van der Waals surface area contributed by atoms with Gasteiger partial charge in [0.15, 0.2) is 0 Å². The van der Waals surface area contributed by atoms with E-state index in [1.807, 2.05) is 0 Å². The lowest BCUT2D eigenvalue weighted by Crippen LogP contribution is -2.31. The van der Waals surface area contributed by atoms with Crippen molar-refractivity contribution in [3.63, 3.8) is 0 Å². The lowest BCUT2D eigenvalue weighted by molar-refractivity contribution is -0.144. The smallest absolute Gasteiger partial charge is 0.328 e. The van der Waals surface area contributed by atoms with Crippen LogP contribution in [0.5, 0.6) is 0 Å². The fourth-order valence-corrected chi connectivity index (χ4v) is 2.24. The molecule has 1 aromatic heterocycles. The van der Waals surface area contributed by atoms with Crippen molar-refractivity contribution in [3.05, 3.63) is 57.5 Å². The minimum Gasteiger partial charge on any atom is -0.467 e. The largest absolute Gasteiger partial charge is 0.467 e. The average Bonchev–Trinajstić information content (AvgIpc) is 2.57. The summed E-state index contributed by atoms with van der Waals surface area (Å²) in [6.07, 6.45) is 1.44. The molecule has 0 bridgehead atoms. The van der Waals surface area contributed by atoms with Gasteiger partial charge in [0.25, 0.3) is 11.5 Å². The third kappa shape index (κ3) is 3.57. The molecule has 1 amide bonds. The number of rotatable bonds is 4. The van der Waals surface area contributed by atoms with Crippen LogP contribution in [0.15, 0.2) is 41.3 Å². The molecule has 7 nitrogen and oxygen atoms in total. The number of hydrogen-bond acceptors (Lipinski definition) is 5. The van der Waals surface area contributed by atoms with E-state index in [1.165, 1.54) is 49.1 Å². The van der Waals surface area contributed by atoms with Crippen molar-refractivity contribution in [2.45, 2.75) is 13.0 Å². The topological polar surface area (TPSA) is 103 Å². The lowest BCUT2D eigenvalue weighted by atomic mass is 10.2. The van der Waals surface area contributed by atoms with Crippen LogP contribution in [0.3, 0.4) is 0 Å². The number of esters is 1. The van der Waals surface area contributed by atoms with E-state index in [0.717, 1.165) is 0 Å². The molecule has 0 aliphatic heterocycles. The minimum absolute atomic E-state index is 0.0335. The van der Waals surface area contributed by atoms with Gasteiger partial charge < -0.3 is 15.8 Å². The molecular formula is C16H16ClN3O4. The molecular weight excluding hydrogens is 334 g/mol. The maximum Gasteiger partial charge on any atom is 0.328 e. The Morgan fingerprint density at radius 1 is 1.33 bits per heavy atom. The fourth-order valence-electron chi connectivity index (χ4n) is 2.06. The molecule has 2 aromatic rings. The van der Waals surface area contributed by atoms with Crippen LogP contribution in [0.1, 0.15) is 23.3 Å². The lowest BCUT2D eigenvalue weighted by Gasteiger charge is -2.14. The first-order valence-corrected chi connectivity index (χ1v) is 7.38. The van der Waals surface area contributed by atoms with Gasteiger partial charge in [-0.1, -0.05) is 11.6 Å². The van der Waals surface area contributed by atoms with Crippen LogP contribution >= 0.6 is 11.6 Å². The van der Waals surface area contributed by atoms with Crippen LogP contribution in [0, 0.1) is 0 Å². The molecule has 3 N–H and O–H groups in total. The highest BCUT2D eigenvalue weighted by molar-refractivity contribution is 6.33. The highest BCUT2D eigenvalue weighted by Crippen LogP contribution is 2.20. The number of nitrogens with one attached hydrogen (secondary N) is 1. The zero-order chi connectivity index (χ0) is 17.9. The Morgan fingerprint density at radius 3 is 2.67 bits per heavy atom. The number of pyridine rings is 1. The quantitative estimate of drug-likeness (QED) is 0.649. The molecule has 1 aromatic carbocycles. The molecule has 8 heteroatoms. The molecule has 126 valence electrons. The van der Waals surface area contributed by atoms with Gasteiger partial charge in [0, 0.05) is 11.8 Å². The van der Waals surface area contributed by atoms with Crippen LogP contribution in [0.4, 0.5) is 11.4 Å². The Kier molecular flexibility index (Phi) is 5.25. The van der Waals surface area contributed by atoms with Crippen LogP contribution < -0.4 is 16.6 Å². The van der Waals surface area contributed by atoms with Crippen LogP contribution in [-0.4, -0.2) is 23.6 Å². The van der Waals surface area contributed by atoms with Crippen LogP contribution in [0.2, 0.25) is 5.02 Å². The number of carbonyl (C=O) groups is 2. The number of amides is 1. The number of hydrogen-bond donors (Lipinski definition) is 2. The Morgan fingerprint density at radius 2 is 2.04 bits per heavy atom. The summed E-state index contributed by atoms with van der Waals surface area (Å²) in [5.41, 5.74) is 5.71. The summed E-state index contributed by atoms with van der Waals surface area (Å²) in [5, 5.41) is 2.74. The summed E-state index contributed by atoms with van der Waals surface area (Å²) in [4.78, 5) is 36.3. The predicted octanol–water partition coefficient (Wildman–Crippen LogP) is 2.07. The Hall–Kier alpha value is -2.80. The van der Waals surface area contributed by atoms with Crippen molar-refractivity contribution in [2.24, 2.45) is 0 Å². The number of nitrogens with two attached hydrogens (primary N) is 1. The van der Waals surface area contributed by atoms with E-state index >= 15 is 0 Å². The number of nitrogen functional groups attached to an aromatic ring is 1. The number of benzene rings is 1. The van der Waals surface area contributed by atoms with Crippen LogP contribution in [0.25, 0.3) is 0 Å². The summed E-state index contributed by atoms with van der Waals surface area (Å²) < 4.78 is 5.80. The van der Waals surface area contributed by atoms with Gasteiger partial charge in [0.1, 0.15) is 11.7 Å². The molecule has 0 aliphatic carbocycles. The molecule has 0 radical (unpaired) electrons. The van der Waals surface area contributed by atoms with Gasteiger partial charge in [-0.2, -0.15) is 0 Å². The van der Waals surface area contributed by atoms with Crippen molar-refractivity contribution >= 4 is 34.9 Å². The standard InChI is InChI=1S/C16H16ClN3O4/c1-9(16(23)24-2)20-7-3-4-13(15(20)22)19-14(21)10-5-6-12(18)11(17)8-10/h3-9H,18H2,1-2H3,(H,19,21). The minimum atomic E-state index is -0.815. The number of nitrogens with zero attached hydrogens (tertiary/aromatic N) is 1. The number of methoxy groups -OCH3 is 1. The molecule has 1 unspecified atom stereocenters. The predicted molar refractivity (Wildman–Crippen MR) is 91.2 cm³/mol.